The molecule has 0 aliphatic heterocycles. The summed E-state index contributed by atoms with van der Waals surface area (Å²) in [6.07, 6.45) is 12.3. The van der Waals surface area contributed by atoms with E-state index in [1.165, 1.54) is 76.8 Å². The number of benzene rings is 4. The van der Waals surface area contributed by atoms with E-state index in [-0.39, 0.29) is 24.8 Å². The van der Waals surface area contributed by atoms with Crippen LogP contribution < -0.4 is 24.8 Å². The van der Waals surface area contributed by atoms with Gasteiger partial charge in [0.1, 0.15) is 0 Å². The fraction of sp³-hybridized carbons (Fsp3) is 0.171. The first-order chi connectivity index (χ1) is 20.1. The summed E-state index contributed by atoms with van der Waals surface area (Å²) in [5.74, 6) is 0. The molecule has 3 heteroatoms. The second-order valence-corrected chi connectivity index (χ2v) is 13.0. The SMILES string of the molecule is C=Cc1ccc2[cH-]c3ccc(C=C)cc3c2c1.CC(C)(C)C1=CC[C-]=C1.Cc1ccc([C](=[Zr+2])c2ccc(C)cc2)cc1.[Cl-].[Cl-]. The zero-order valence-electron chi connectivity index (χ0n) is 26.3. The van der Waals surface area contributed by atoms with Crippen LogP contribution in [-0.4, -0.2) is 3.21 Å². The number of rotatable bonds is 4. The summed E-state index contributed by atoms with van der Waals surface area (Å²) in [7, 11) is 0. The van der Waals surface area contributed by atoms with E-state index in [1.54, 1.807) is 0 Å². The molecule has 224 valence electrons. The zero-order chi connectivity index (χ0) is 30.3. The molecule has 6 rings (SSSR count). The summed E-state index contributed by atoms with van der Waals surface area (Å²) in [6, 6.07) is 32.6. The van der Waals surface area contributed by atoms with Gasteiger partial charge in [-0.1, -0.05) is 75.8 Å². The topological polar surface area (TPSA) is 0 Å². The predicted molar refractivity (Wildman–Crippen MR) is 183 cm³/mol. The standard InChI is InChI=1S/C17H13.C15H14.C9H13.2ClH.Zr/c1-3-12-5-7-14-11-15-8-6-13(4-2)10-17(15)16(14)9-12;1-12-3-7-14(8-4-12)11-15-9-5-13(2)6-10-15;1-9(2,3)8-6-4-5-7-8;;;/h3-11H,1-2H2;3-10H,1-2H3;6-7H,4H2,1-3H3;2*1H;/q-1;;-1;;;+2/p-2. The molecule has 0 saturated carbocycles. The van der Waals surface area contributed by atoms with Crippen molar-refractivity contribution in [3.63, 3.8) is 0 Å². The average molecular weight is 695 g/mol. The Hall–Kier alpha value is -2.96. The molecule has 0 heterocycles. The van der Waals surface area contributed by atoms with E-state index in [9.17, 15) is 0 Å². The van der Waals surface area contributed by atoms with Crippen LogP contribution in [-0.2, 0) is 24.2 Å². The normalized spacial score (nSPS) is 11.7. The Bertz CT molecular complexity index is 1660. The molecule has 5 aromatic rings. The molecule has 44 heavy (non-hydrogen) atoms. The maximum Gasteiger partial charge on any atom is -1.00 e. The van der Waals surface area contributed by atoms with Crippen molar-refractivity contribution in [2.75, 3.05) is 0 Å². The number of fused-ring (bicyclic) bond motifs is 3. The van der Waals surface area contributed by atoms with Crippen LogP contribution in [0.3, 0.4) is 0 Å². The molecule has 0 nitrogen and oxygen atoms in total. The summed E-state index contributed by atoms with van der Waals surface area (Å²) >= 11 is 1.46. The van der Waals surface area contributed by atoms with E-state index >= 15 is 0 Å². The van der Waals surface area contributed by atoms with Crippen LogP contribution in [0.25, 0.3) is 33.7 Å². The van der Waals surface area contributed by atoms with Crippen molar-refractivity contribution in [2.45, 2.75) is 41.0 Å². The Kier molecular flexibility index (Phi) is 14.3. The summed E-state index contributed by atoms with van der Waals surface area (Å²) in [4.78, 5) is 0. The molecular formula is C41H40Cl2Zr-2. The molecule has 0 bridgehead atoms. The van der Waals surface area contributed by atoms with Crippen molar-refractivity contribution in [3.05, 3.63) is 161 Å². The third-order valence-corrected chi connectivity index (χ3v) is 8.89. The molecule has 0 amide bonds. The quantitative estimate of drug-likeness (QED) is 0.229. The average Bonchev–Trinajstić information content (AvgIpc) is 3.67. The molecule has 0 spiro atoms. The summed E-state index contributed by atoms with van der Waals surface area (Å²) < 4.78 is 1.42. The van der Waals surface area contributed by atoms with Crippen LogP contribution in [0.15, 0.2) is 122 Å². The molecular weight excluding hydrogens is 655 g/mol. The fourth-order valence-corrected chi connectivity index (χ4v) is 5.63. The minimum atomic E-state index is 0. The molecule has 0 atom stereocenters. The van der Waals surface area contributed by atoms with Crippen LogP contribution in [0, 0.1) is 25.3 Å². The summed E-state index contributed by atoms with van der Waals surface area (Å²) in [5.41, 5.74) is 9.38. The van der Waals surface area contributed by atoms with Crippen molar-refractivity contribution >= 4 is 36.9 Å². The van der Waals surface area contributed by atoms with E-state index in [2.05, 4.69) is 157 Å². The van der Waals surface area contributed by atoms with Gasteiger partial charge in [0.2, 0.25) is 0 Å². The van der Waals surface area contributed by atoms with Crippen molar-refractivity contribution in [2.24, 2.45) is 5.41 Å². The van der Waals surface area contributed by atoms with E-state index in [0.29, 0.717) is 5.41 Å². The molecule has 0 radical (unpaired) electrons. The molecule has 1 aliphatic carbocycles. The van der Waals surface area contributed by atoms with Gasteiger partial charge in [0.15, 0.2) is 0 Å². The predicted octanol–water partition coefficient (Wildman–Crippen LogP) is 5.15. The number of aryl methyl sites for hydroxylation is 2. The minimum Gasteiger partial charge on any atom is -1.00 e. The Labute approximate surface area is 291 Å². The van der Waals surface area contributed by atoms with Gasteiger partial charge in [-0.3, -0.25) is 6.08 Å². The second kappa shape index (κ2) is 16.9. The van der Waals surface area contributed by atoms with Gasteiger partial charge < -0.3 is 24.8 Å². The Morgan fingerprint density at radius 2 is 1.16 bits per heavy atom. The molecule has 0 unspecified atom stereocenters. The number of hydrogen-bond acceptors (Lipinski definition) is 0. The van der Waals surface area contributed by atoms with Gasteiger partial charge in [-0.05, 0) is 11.1 Å². The van der Waals surface area contributed by atoms with Crippen LogP contribution in [0.1, 0.15) is 60.6 Å². The maximum atomic E-state index is 3.82. The van der Waals surface area contributed by atoms with Crippen LogP contribution in [0.5, 0.6) is 0 Å². The maximum absolute atomic E-state index is 3.82. The first-order valence-corrected chi connectivity index (χ1v) is 15.7. The monoisotopic (exact) mass is 692 g/mol. The first kappa shape index (κ1) is 37.2. The van der Waals surface area contributed by atoms with Crippen molar-refractivity contribution < 1.29 is 49.0 Å². The molecule has 0 saturated heterocycles. The molecule has 0 N–H and O–H groups in total. The first-order valence-electron chi connectivity index (χ1n) is 14.5. The largest absolute Gasteiger partial charge is 1.00 e. The Morgan fingerprint density at radius 3 is 1.48 bits per heavy atom. The third kappa shape index (κ3) is 9.77. The summed E-state index contributed by atoms with van der Waals surface area (Å²) in [6.45, 7) is 18.6. The Balaban J connectivity index is 0.000000235. The van der Waals surface area contributed by atoms with Crippen LogP contribution in [0.2, 0.25) is 0 Å². The van der Waals surface area contributed by atoms with Gasteiger partial charge >= 0.3 is 112 Å². The van der Waals surface area contributed by atoms with Gasteiger partial charge in [-0.25, -0.2) is 6.08 Å². The zero-order valence-corrected chi connectivity index (χ0v) is 30.3. The number of halogens is 2. The Morgan fingerprint density at radius 1 is 0.727 bits per heavy atom. The van der Waals surface area contributed by atoms with E-state index in [4.69, 9.17) is 0 Å². The van der Waals surface area contributed by atoms with Crippen LogP contribution >= 0.6 is 0 Å². The van der Waals surface area contributed by atoms with Gasteiger partial charge in [0.05, 0.1) is 0 Å². The van der Waals surface area contributed by atoms with Crippen molar-refractivity contribution in [1.82, 2.24) is 0 Å². The van der Waals surface area contributed by atoms with Gasteiger partial charge in [0.25, 0.3) is 0 Å². The third-order valence-electron chi connectivity index (χ3n) is 7.47. The molecule has 0 aromatic heterocycles. The second-order valence-electron chi connectivity index (χ2n) is 11.8. The van der Waals surface area contributed by atoms with E-state index in [0.717, 1.165) is 17.5 Å². The van der Waals surface area contributed by atoms with Crippen LogP contribution in [0.4, 0.5) is 0 Å². The summed E-state index contributed by atoms with van der Waals surface area (Å²) in [5, 5.41) is 5.15. The number of hydrogen-bond donors (Lipinski definition) is 0. The molecule has 1 aliphatic rings. The van der Waals surface area contributed by atoms with Crippen molar-refractivity contribution in [1.29, 1.82) is 0 Å². The minimum absolute atomic E-state index is 0. The smallest absolute Gasteiger partial charge is 1.00 e. The van der Waals surface area contributed by atoms with Crippen molar-refractivity contribution in [3.8, 4) is 0 Å². The molecule has 0 fully saturated rings. The molecule has 5 aromatic carbocycles. The van der Waals surface area contributed by atoms with E-state index < -0.39 is 0 Å². The van der Waals surface area contributed by atoms with Gasteiger partial charge in [-0.2, -0.15) is 11.6 Å². The van der Waals surface area contributed by atoms with Gasteiger partial charge in [-0.15, -0.1) is 46.2 Å². The number of allylic oxidation sites excluding steroid dienone is 4. The van der Waals surface area contributed by atoms with Gasteiger partial charge in [0, 0.05) is 0 Å². The van der Waals surface area contributed by atoms with E-state index in [1.807, 2.05) is 12.2 Å². The fourth-order valence-electron chi connectivity index (χ4n) is 4.81.